The van der Waals surface area contributed by atoms with Gasteiger partial charge in [0.1, 0.15) is 0 Å². The summed E-state index contributed by atoms with van der Waals surface area (Å²) in [5.41, 5.74) is 2.93. The van der Waals surface area contributed by atoms with E-state index in [1.165, 1.54) is 38.9 Å². The van der Waals surface area contributed by atoms with Gasteiger partial charge in [-0.15, -0.1) is 0 Å². The number of piperidine rings is 2. The molecule has 0 aromatic heterocycles. The highest BCUT2D eigenvalue weighted by Gasteiger charge is 2.30. The van der Waals surface area contributed by atoms with E-state index in [4.69, 9.17) is 5.84 Å². The molecular weight excluding hydrogens is 138 g/mol. The zero-order valence-electron chi connectivity index (χ0n) is 6.92. The van der Waals surface area contributed by atoms with Crippen LogP contribution in [0, 0.1) is 5.92 Å². The summed E-state index contributed by atoms with van der Waals surface area (Å²) in [6.07, 6.45) is 3.97. The minimum Gasteiger partial charge on any atom is -0.303 e. The van der Waals surface area contributed by atoms with Crippen LogP contribution in [0.3, 0.4) is 0 Å². The maximum Gasteiger partial charge on any atom is 0.0263 e. The van der Waals surface area contributed by atoms with Crippen LogP contribution in [0.1, 0.15) is 19.3 Å². The molecule has 2 bridgehead atoms. The van der Waals surface area contributed by atoms with Gasteiger partial charge in [-0.1, -0.05) is 0 Å². The molecule has 2 heterocycles. The van der Waals surface area contributed by atoms with E-state index in [1.807, 2.05) is 0 Å². The van der Waals surface area contributed by atoms with Gasteiger partial charge in [-0.05, 0) is 38.3 Å². The lowest BCUT2D eigenvalue weighted by Gasteiger charge is -2.42. The first kappa shape index (κ1) is 7.53. The second-order valence-corrected chi connectivity index (χ2v) is 3.76. The van der Waals surface area contributed by atoms with Crippen molar-refractivity contribution >= 4 is 0 Å². The van der Waals surface area contributed by atoms with Crippen LogP contribution in [0.25, 0.3) is 0 Å². The van der Waals surface area contributed by atoms with E-state index in [0.29, 0.717) is 6.04 Å². The highest BCUT2D eigenvalue weighted by Crippen LogP contribution is 2.25. The van der Waals surface area contributed by atoms with Crippen LogP contribution in [0.15, 0.2) is 0 Å². The van der Waals surface area contributed by atoms with Crippen LogP contribution < -0.4 is 11.3 Å². The van der Waals surface area contributed by atoms with Crippen molar-refractivity contribution in [3.8, 4) is 0 Å². The Balaban J connectivity index is 1.97. The Bertz CT molecular complexity index is 137. The fourth-order valence-electron chi connectivity index (χ4n) is 2.40. The van der Waals surface area contributed by atoms with Crippen molar-refractivity contribution in [3.05, 3.63) is 0 Å². The second kappa shape index (κ2) is 3.09. The number of fused-ring (bicyclic) bond motifs is 2. The van der Waals surface area contributed by atoms with Crippen molar-refractivity contribution < 1.29 is 0 Å². The topological polar surface area (TPSA) is 41.3 Å². The van der Waals surface area contributed by atoms with Gasteiger partial charge in [0, 0.05) is 12.6 Å². The smallest absolute Gasteiger partial charge is 0.0263 e. The number of rotatable bonds is 1. The minimum absolute atomic E-state index is 0.589. The Morgan fingerprint density at radius 2 is 2.18 bits per heavy atom. The highest BCUT2D eigenvalue weighted by atomic mass is 15.3. The van der Waals surface area contributed by atoms with Gasteiger partial charge in [0.25, 0.3) is 0 Å². The first-order chi connectivity index (χ1) is 5.40. The normalized spacial score (nSPS) is 43.9. The van der Waals surface area contributed by atoms with Crippen LogP contribution in [0.2, 0.25) is 0 Å². The molecule has 0 saturated carbocycles. The molecule has 0 spiro atoms. The van der Waals surface area contributed by atoms with Crippen LogP contribution >= 0.6 is 0 Å². The van der Waals surface area contributed by atoms with Gasteiger partial charge >= 0.3 is 0 Å². The minimum atomic E-state index is 0.589. The first-order valence-electron chi connectivity index (χ1n) is 4.58. The van der Waals surface area contributed by atoms with E-state index < -0.39 is 0 Å². The molecule has 2 saturated heterocycles. The number of hydrogen-bond donors (Lipinski definition) is 2. The SMILES string of the molecule is NN[C@H]1CCN2CCC[C@@H]1C2. The summed E-state index contributed by atoms with van der Waals surface area (Å²) >= 11 is 0. The third-order valence-electron chi connectivity index (χ3n) is 3.08. The third-order valence-corrected chi connectivity index (χ3v) is 3.08. The molecule has 1 unspecified atom stereocenters. The Morgan fingerprint density at radius 3 is 3.00 bits per heavy atom. The van der Waals surface area contributed by atoms with Gasteiger partial charge in [0.05, 0.1) is 0 Å². The van der Waals surface area contributed by atoms with Crippen LogP contribution in [-0.4, -0.2) is 30.6 Å². The average molecular weight is 155 g/mol. The van der Waals surface area contributed by atoms with E-state index in [9.17, 15) is 0 Å². The lowest BCUT2D eigenvalue weighted by Crippen LogP contribution is -2.53. The molecule has 2 aliphatic heterocycles. The maximum absolute atomic E-state index is 5.47. The lowest BCUT2D eigenvalue weighted by molar-refractivity contribution is 0.0924. The quantitative estimate of drug-likeness (QED) is 0.411. The Morgan fingerprint density at radius 1 is 1.27 bits per heavy atom. The molecule has 64 valence electrons. The van der Waals surface area contributed by atoms with E-state index in [2.05, 4.69) is 10.3 Å². The summed E-state index contributed by atoms with van der Waals surface area (Å²) in [4.78, 5) is 2.56. The Labute approximate surface area is 67.9 Å². The number of nitrogens with zero attached hydrogens (tertiary/aromatic N) is 1. The summed E-state index contributed by atoms with van der Waals surface area (Å²) < 4.78 is 0. The van der Waals surface area contributed by atoms with Crippen molar-refractivity contribution in [3.63, 3.8) is 0 Å². The molecule has 3 heteroatoms. The van der Waals surface area contributed by atoms with Crippen LogP contribution in [0.5, 0.6) is 0 Å². The van der Waals surface area contributed by atoms with E-state index in [0.717, 1.165) is 5.92 Å². The van der Waals surface area contributed by atoms with Crippen molar-refractivity contribution in [2.45, 2.75) is 25.3 Å². The fraction of sp³-hybridized carbons (Fsp3) is 1.00. The van der Waals surface area contributed by atoms with Crippen molar-refractivity contribution in [2.75, 3.05) is 19.6 Å². The maximum atomic E-state index is 5.47. The average Bonchev–Trinajstić information content (AvgIpc) is 2.06. The number of nitrogens with one attached hydrogen (secondary N) is 1. The van der Waals surface area contributed by atoms with Crippen molar-refractivity contribution in [2.24, 2.45) is 11.8 Å². The number of hydrogen-bond acceptors (Lipinski definition) is 3. The van der Waals surface area contributed by atoms with E-state index in [-0.39, 0.29) is 0 Å². The molecule has 3 atom stereocenters. The molecule has 0 aliphatic carbocycles. The molecule has 2 rings (SSSR count). The van der Waals surface area contributed by atoms with Gasteiger partial charge in [-0.25, -0.2) is 0 Å². The molecule has 3 nitrogen and oxygen atoms in total. The van der Waals surface area contributed by atoms with E-state index in [1.54, 1.807) is 0 Å². The van der Waals surface area contributed by atoms with E-state index >= 15 is 0 Å². The molecule has 2 fully saturated rings. The van der Waals surface area contributed by atoms with Crippen LogP contribution in [-0.2, 0) is 0 Å². The zero-order valence-corrected chi connectivity index (χ0v) is 6.92. The van der Waals surface area contributed by atoms with Gasteiger partial charge in [0.15, 0.2) is 0 Å². The number of nitrogens with two attached hydrogens (primary N) is 1. The zero-order chi connectivity index (χ0) is 7.68. The standard InChI is InChI=1S/C8H17N3/c9-10-8-3-5-11-4-1-2-7(8)6-11/h7-8,10H,1-6,9H2/t7-,8+/m1/s1. The predicted molar refractivity (Wildman–Crippen MR) is 44.9 cm³/mol. The molecule has 0 amide bonds. The Kier molecular flexibility index (Phi) is 2.11. The summed E-state index contributed by atoms with van der Waals surface area (Å²) in [5, 5.41) is 0. The second-order valence-electron chi connectivity index (χ2n) is 3.76. The molecule has 3 N–H and O–H groups in total. The molecule has 0 radical (unpaired) electrons. The summed E-state index contributed by atoms with van der Waals surface area (Å²) in [6, 6.07) is 0.589. The third kappa shape index (κ3) is 1.41. The van der Waals surface area contributed by atoms with Crippen molar-refractivity contribution in [1.82, 2.24) is 10.3 Å². The molecule has 0 aromatic rings. The molecule has 11 heavy (non-hydrogen) atoms. The molecule has 2 aliphatic rings. The summed E-state index contributed by atoms with van der Waals surface area (Å²) in [6.45, 7) is 3.83. The Hall–Kier alpha value is -0.120. The van der Waals surface area contributed by atoms with Gasteiger partial charge in [-0.2, -0.15) is 0 Å². The van der Waals surface area contributed by atoms with Crippen molar-refractivity contribution in [1.29, 1.82) is 0 Å². The highest BCUT2D eigenvalue weighted by molar-refractivity contribution is 4.87. The van der Waals surface area contributed by atoms with Crippen LogP contribution in [0.4, 0.5) is 0 Å². The number of hydrazine groups is 1. The predicted octanol–water partition coefficient (Wildman–Crippen LogP) is -0.0660. The monoisotopic (exact) mass is 155 g/mol. The first-order valence-corrected chi connectivity index (χ1v) is 4.58. The van der Waals surface area contributed by atoms with Gasteiger partial charge in [-0.3, -0.25) is 11.3 Å². The molecular formula is C8H17N3. The fourth-order valence-corrected chi connectivity index (χ4v) is 2.40. The lowest BCUT2D eigenvalue weighted by atomic mass is 9.85. The van der Waals surface area contributed by atoms with Gasteiger partial charge < -0.3 is 4.90 Å². The summed E-state index contributed by atoms with van der Waals surface area (Å²) in [5.74, 6) is 6.29. The van der Waals surface area contributed by atoms with Gasteiger partial charge in [0.2, 0.25) is 0 Å². The largest absolute Gasteiger partial charge is 0.303 e. The molecule has 0 aromatic carbocycles. The summed E-state index contributed by atoms with van der Waals surface area (Å²) in [7, 11) is 0.